The van der Waals surface area contributed by atoms with Crippen LogP contribution in [0.1, 0.15) is 19.4 Å². The molecule has 0 unspecified atom stereocenters. The third-order valence-electron chi connectivity index (χ3n) is 2.32. The molecule has 20 heavy (non-hydrogen) atoms. The average Bonchev–Trinajstić information content (AvgIpc) is 2.34. The van der Waals surface area contributed by atoms with Crippen LogP contribution in [0.25, 0.3) is 0 Å². The van der Waals surface area contributed by atoms with Crippen LogP contribution >= 0.6 is 0 Å². The molecule has 7 heteroatoms. The molecule has 4 nitrogen and oxygen atoms in total. The largest absolute Gasteiger partial charge is 0.448 e. The van der Waals surface area contributed by atoms with E-state index in [1.807, 2.05) is 13.8 Å². The second kappa shape index (κ2) is 7.14. The summed E-state index contributed by atoms with van der Waals surface area (Å²) in [6.07, 6.45) is -5.22. The van der Waals surface area contributed by atoms with Crippen molar-refractivity contribution in [2.24, 2.45) is 0 Å². The number of hydrogen-bond donors (Lipinski definition) is 2. The van der Waals surface area contributed by atoms with Gasteiger partial charge in [-0.25, -0.2) is 4.79 Å². The van der Waals surface area contributed by atoms with E-state index in [1.165, 1.54) is 12.1 Å². The van der Waals surface area contributed by atoms with Crippen molar-refractivity contribution >= 4 is 11.8 Å². The van der Waals surface area contributed by atoms with Gasteiger partial charge in [0.05, 0.1) is 5.56 Å². The lowest BCUT2D eigenvalue weighted by atomic mass is 10.2. The van der Waals surface area contributed by atoms with E-state index >= 15 is 0 Å². The van der Waals surface area contributed by atoms with Crippen LogP contribution in [0.3, 0.4) is 0 Å². The first-order chi connectivity index (χ1) is 9.29. The number of carbonyl (C=O) groups is 1. The first kappa shape index (κ1) is 16.3. The SMILES string of the molecule is CC(C)NCCOC(=O)Nc1cccc(C(F)(F)F)c1. The van der Waals surface area contributed by atoms with Crippen LogP contribution in [0.5, 0.6) is 0 Å². The molecule has 0 spiro atoms. The lowest BCUT2D eigenvalue weighted by Gasteiger charge is -2.11. The van der Waals surface area contributed by atoms with E-state index in [9.17, 15) is 18.0 Å². The summed E-state index contributed by atoms with van der Waals surface area (Å²) in [4.78, 5) is 11.4. The van der Waals surface area contributed by atoms with E-state index in [1.54, 1.807) is 0 Å². The highest BCUT2D eigenvalue weighted by Gasteiger charge is 2.30. The molecule has 0 aromatic heterocycles. The Bertz CT molecular complexity index is 447. The van der Waals surface area contributed by atoms with Crippen LogP contribution in [0.15, 0.2) is 24.3 Å². The minimum absolute atomic E-state index is 0.0432. The maximum Gasteiger partial charge on any atom is 0.416 e. The molecular formula is C13H17F3N2O2. The number of halogens is 3. The van der Waals surface area contributed by atoms with E-state index in [2.05, 4.69) is 10.6 Å². The Morgan fingerprint density at radius 1 is 1.35 bits per heavy atom. The number of benzene rings is 1. The Morgan fingerprint density at radius 3 is 2.65 bits per heavy atom. The van der Waals surface area contributed by atoms with Crippen molar-refractivity contribution in [2.45, 2.75) is 26.1 Å². The van der Waals surface area contributed by atoms with Crippen molar-refractivity contribution < 1.29 is 22.7 Å². The minimum Gasteiger partial charge on any atom is -0.448 e. The van der Waals surface area contributed by atoms with Gasteiger partial charge in [-0.05, 0) is 18.2 Å². The number of anilines is 1. The van der Waals surface area contributed by atoms with Crippen molar-refractivity contribution in [3.05, 3.63) is 29.8 Å². The maximum atomic E-state index is 12.5. The fourth-order valence-corrected chi connectivity index (χ4v) is 1.42. The van der Waals surface area contributed by atoms with Gasteiger partial charge in [-0.2, -0.15) is 13.2 Å². The summed E-state index contributed by atoms with van der Waals surface area (Å²) < 4.78 is 42.3. The molecule has 0 fully saturated rings. The average molecular weight is 290 g/mol. The standard InChI is InChI=1S/C13H17F3N2O2/c1-9(2)17-6-7-20-12(19)18-11-5-3-4-10(8-11)13(14,15)16/h3-5,8-9,17H,6-7H2,1-2H3,(H,18,19). The molecule has 0 saturated heterocycles. The fraction of sp³-hybridized carbons (Fsp3) is 0.462. The number of amides is 1. The number of nitrogens with one attached hydrogen (secondary N) is 2. The highest BCUT2D eigenvalue weighted by Crippen LogP contribution is 2.30. The Balaban J connectivity index is 2.46. The molecule has 0 bridgehead atoms. The molecule has 1 amide bonds. The highest BCUT2D eigenvalue weighted by atomic mass is 19.4. The van der Waals surface area contributed by atoms with Crippen LogP contribution in [0, 0.1) is 0 Å². The van der Waals surface area contributed by atoms with Crippen molar-refractivity contribution in [2.75, 3.05) is 18.5 Å². The molecule has 0 radical (unpaired) electrons. The summed E-state index contributed by atoms with van der Waals surface area (Å²) in [5.41, 5.74) is -0.779. The van der Waals surface area contributed by atoms with Gasteiger partial charge >= 0.3 is 12.3 Å². The van der Waals surface area contributed by atoms with E-state index in [-0.39, 0.29) is 18.3 Å². The molecular weight excluding hydrogens is 273 g/mol. The Labute approximate surface area is 115 Å². The maximum absolute atomic E-state index is 12.5. The van der Waals surface area contributed by atoms with Crippen molar-refractivity contribution in [3.8, 4) is 0 Å². The second-order valence-corrected chi connectivity index (χ2v) is 4.45. The predicted molar refractivity (Wildman–Crippen MR) is 69.6 cm³/mol. The number of ether oxygens (including phenoxy) is 1. The van der Waals surface area contributed by atoms with Gasteiger partial charge in [-0.1, -0.05) is 19.9 Å². The van der Waals surface area contributed by atoms with Gasteiger partial charge in [0.2, 0.25) is 0 Å². The molecule has 0 aliphatic heterocycles. The van der Waals surface area contributed by atoms with Gasteiger partial charge in [0, 0.05) is 18.3 Å². The molecule has 1 aromatic carbocycles. The minimum atomic E-state index is -4.44. The second-order valence-electron chi connectivity index (χ2n) is 4.45. The molecule has 0 atom stereocenters. The first-order valence-electron chi connectivity index (χ1n) is 6.13. The topological polar surface area (TPSA) is 50.4 Å². The summed E-state index contributed by atoms with van der Waals surface area (Å²) in [6, 6.07) is 4.64. The number of alkyl halides is 3. The molecule has 1 aromatic rings. The van der Waals surface area contributed by atoms with Gasteiger partial charge < -0.3 is 10.1 Å². The number of rotatable bonds is 5. The van der Waals surface area contributed by atoms with Gasteiger partial charge in [0.25, 0.3) is 0 Å². The van der Waals surface area contributed by atoms with Gasteiger partial charge in [-0.3, -0.25) is 5.32 Å². The van der Waals surface area contributed by atoms with Crippen molar-refractivity contribution in [3.63, 3.8) is 0 Å². The van der Waals surface area contributed by atoms with Crippen LogP contribution in [0.4, 0.5) is 23.7 Å². The Hall–Kier alpha value is -1.76. The van der Waals surface area contributed by atoms with E-state index in [4.69, 9.17) is 4.74 Å². The summed E-state index contributed by atoms with van der Waals surface area (Å²) in [5.74, 6) is 0. The smallest absolute Gasteiger partial charge is 0.416 e. The summed E-state index contributed by atoms with van der Waals surface area (Å²) in [6.45, 7) is 4.52. The number of hydrogen-bond acceptors (Lipinski definition) is 3. The first-order valence-corrected chi connectivity index (χ1v) is 6.13. The molecule has 0 aliphatic carbocycles. The molecule has 1 rings (SSSR count). The molecule has 2 N–H and O–H groups in total. The Morgan fingerprint density at radius 2 is 2.05 bits per heavy atom. The molecule has 0 heterocycles. The normalized spacial score (nSPS) is 11.5. The van der Waals surface area contributed by atoms with Crippen LogP contribution in [-0.4, -0.2) is 25.3 Å². The van der Waals surface area contributed by atoms with Crippen LogP contribution in [0.2, 0.25) is 0 Å². The summed E-state index contributed by atoms with van der Waals surface area (Å²) >= 11 is 0. The van der Waals surface area contributed by atoms with E-state index < -0.39 is 17.8 Å². The van der Waals surface area contributed by atoms with E-state index in [0.717, 1.165) is 12.1 Å². The Kier molecular flexibility index (Phi) is 5.82. The van der Waals surface area contributed by atoms with Crippen molar-refractivity contribution in [1.82, 2.24) is 5.32 Å². The fourth-order valence-electron chi connectivity index (χ4n) is 1.42. The molecule has 112 valence electrons. The zero-order valence-corrected chi connectivity index (χ0v) is 11.3. The lowest BCUT2D eigenvalue weighted by molar-refractivity contribution is -0.137. The van der Waals surface area contributed by atoms with Gasteiger partial charge in [-0.15, -0.1) is 0 Å². The van der Waals surface area contributed by atoms with Crippen LogP contribution in [-0.2, 0) is 10.9 Å². The quantitative estimate of drug-likeness (QED) is 0.818. The molecule has 0 aliphatic rings. The monoisotopic (exact) mass is 290 g/mol. The highest BCUT2D eigenvalue weighted by molar-refractivity contribution is 5.84. The predicted octanol–water partition coefficient (Wildman–Crippen LogP) is 3.25. The van der Waals surface area contributed by atoms with Gasteiger partial charge in [0.1, 0.15) is 6.61 Å². The van der Waals surface area contributed by atoms with Gasteiger partial charge in [0.15, 0.2) is 0 Å². The van der Waals surface area contributed by atoms with Crippen LogP contribution < -0.4 is 10.6 Å². The zero-order valence-electron chi connectivity index (χ0n) is 11.3. The van der Waals surface area contributed by atoms with E-state index in [0.29, 0.717) is 6.54 Å². The summed E-state index contributed by atoms with van der Waals surface area (Å²) in [7, 11) is 0. The summed E-state index contributed by atoms with van der Waals surface area (Å²) in [5, 5.41) is 5.29. The number of carbonyl (C=O) groups excluding carboxylic acids is 1. The third-order valence-corrected chi connectivity index (χ3v) is 2.32. The zero-order chi connectivity index (χ0) is 15.2. The molecule has 0 saturated carbocycles. The third kappa shape index (κ3) is 5.92. The van der Waals surface area contributed by atoms with Crippen molar-refractivity contribution in [1.29, 1.82) is 0 Å². The lowest BCUT2D eigenvalue weighted by Crippen LogP contribution is -2.28.